The molecule has 118 valence electrons. The van der Waals surface area contributed by atoms with Crippen LogP contribution < -0.4 is 0 Å². The van der Waals surface area contributed by atoms with Gasteiger partial charge in [0.05, 0.1) is 0 Å². The summed E-state index contributed by atoms with van der Waals surface area (Å²) in [5.41, 5.74) is 1.95. The van der Waals surface area contributed by atoms with Gasteiger partial charge < -0.3 is 14.2 Å². The lowest BCUT2D eigenvalue weighted by atomic mass is 10.2. The minimum absolute atomic E-state index is 0.190. The van der Waals surface area contributed by atoms with E-state index < -0.39 is 5.97 Å². The fraction of sp³-hybridized carbons (Fsp3) is 0.0588. The van der Waals surface area contributed by atoms with E-state index in [4.69, 9.17) is 4.52 Å². The van der Waals surface area contributed by atoms with Crippen molar-refractivity contribution in [3.8, 4) is 23.1 Å². The normalized spacial score (nSPS) is 11.0. The van der Waals surface area contributed by atoms with Gasteiger partial charge >= 0.3 is 5.97 Å². The maximum Gasteiger partial charge on any atom is 0.323 e. The molecule has 0 aliphatic carbocycles. The van der Waals surface area contributed by atoms with Crippen molar-refractivity contribution >= 4 is 16.9 Å². The standard InChI is InChI=1S/C17H12N4O3/c22-15(23)10-21-13-7-2-1-5-11(13)9-14(21)17-19-16(20-24-17)12-6-3-4-8-18-12/h1-9H,10H2,(H,22,23). The van der Waals surface area contributed by atoms with Crippen molar-refractivity contribution in [2.24, 2.45) is 0 Å². The molecule has 1 aromatic carbocycles. The van der Waals surface area contributed by atoms with Gasteiger partial charge in [-0.2, -0.15) is 4.98 Å². The van der Waals surface area contributed by atoms with Crippen LogP contribution in [-0.4, -0.2) is 30.8 Å². The first kappa shape index (κ1) is 14.1. The number of carbonyl (C=O) groups is 1. The van der Waals surface area contributed by atoms with E-state index in [9.17, 15) is 9.90 Å². The minimum Gasteiger partial charge on any atom is -0.480 e. The number of fused-ring (bicyclic) bond motifs is 1. The maximum absolute atomic E-state index is 11.2. The van der Waals surface area contributed by atoms with Gasteiger partial charge in [-0.05, 0) is 24.3 Å². The zero-order valence-electron chi connectivity index (χ0n) is 12.5. The van der Waals surface area contributed by atoms with Crippen molar-refractivity contribution in [2.45, 2.75) is 6.54 Å². The Bertz CT molecular complexity index is 1020. The molecule has 0 fully saturated rings. The van der Waals surface area contributed by atoms with E-state index in [1.54, 1.807) is 22.9 Å². The number of pyridine rings is 1. The van der Waals surface area contributed by atoms with Crippen LogP contribution in [0.3, 0.4) is 0 Å². The molecule has 0 aliphatic heterocycles. The van der Waals surface area contributed by atoms with E-state index in [-0.39, 0.29) is 12.4 Å². The topological polar surface area (TPSA) is 94.0 Å². The molecule has 0 radical (unpaired) electrons. The Hall–Kier alpha value is -3.48. The van der Waals surface area contributed by atoms with Crippen LogP contribution in [0.5, 0.6) is 0 Å². The molecule has 0 unspecified atom stereocenters. The van der Waals surface area contributed by atoms with Crippen LogP contribution in [0.1, 0.15) is 0 Å². The van der Waals surface area contributed by atoms with Gasteiger partial charge in [0.1, 0.15) is 17.9 Å². The van der Waals surface area contributed by atoms with Gasteiger partial charge in [-0.1, -0.05) is 29.4 Å². The van der Waals surface area contributed by atoms with Crippen LogP contribution in [0.25, 0.3) is 34.0 Å². The molecule has 0 spiro atoms. The number of nitrogens with zero attached hydrogens (tertiary/aromatic N) is 4. The number of aliphatic carboxylic acids is 1. The molecule has 24 heavy (non-hydrogen) atoms. The molecule has 3 aromatic heterocycles. The second-order valence-electron chi connectivity index (χ2n) is 5.21. The van der Waals surface area contributed by atoms with Crippen molar-refractivity contribution in [1.29, 1.82) is 0 Å². The highest BCUT2D eigenvalue weighted by molar-refractivity contribution is 5.87. The van der Waals surface area contributed by atoms with E-state index >= 15 is 0 Å². The summed E-state index contributed by atoms with van der Waals surface area (Å²) in [7, 11) is 0. The van der Waals surface area contributed by atoms with Crippen molar-refractivity contribution in [3.05, 3.63) is 54.7 Å². The number of benzene rings is 1. The van der Waals surface area contributed by atoms with Gasteiger partial charge in [0.2, 0.25) is 5.82 Å². The summed E-state index contributed by atoms with van der Waals surface area (Å²) in [6.45, 7) is -0.190. The van der Waals surface area contributed by atoms with E-state index in [0.29, 0.717) is 17.2 Å². The molecule has 0 saturated carbocycles. The van der Waals surface area contributed by atoms with Crippen LogP contribution >= 0.6 is 0 Å². The fourth-order valence-electron chi connectivity index (χ4n) is 2.62. The molecule has 0 bridgehead atoms. The molecule has 3 heterocycles. The van der Waals surface area contributed by atoms with Crippen LogP contribution in [-0.2, 0) is 11.3 Å². The van der Waals surface area contributed by atoms with Crippen molar-refractivity contribution in [2.75, 3.05) is 0 Å². The summed E-state index contributed by atoms with van der Waals surface area (Å²) < 4.78 is 6.99. The summed E-state index contributed by atoms with van der Waals surface area (Å²) in [6, 6.07) is 14.8. The summed E-state index contributed by atoms with van der Waals surface area (Å²) in [5, 5.41) is 14.1. The molecular formula is C17H12N4O3. The summed E-state index contributed by atoms with van der Waals surface area (Å²) in [5.74, 6) is -0.326. The highest BCUT2D eigenvalue weighted by atomic mass is 16.5. The number of carboxylic acids is 1. The first-order chi connectivity index (χ1) is 11.7. The Balaban J connectivity index is 1.84. The molecule has 7 nitrogen and oxygen atoms in total. The summed E-state index contributed by atoms with van der Waals surface area (Å²) >= 11 is 0. The molecule has 0 amide bonds. The molecule has 0 saturated heterocycles. The Morgan fingerprint density at radius 3 is 2.79 bits per heavy atom. The van der Waals surface area contributed by atoms with Crippen LogP contribution in [0.4, 0.5) is 0 Å². The van der Waals surface area contributed by atoms with Crippen molar-refractivity contribution in [1.82, 2.24) is 19.7 Å². The molecule has 4 rings (SSSR count). The predicted octanol–water partition coefficient (Wildman–Crippen LogP) is 2.84. The number of hydrogen-bond donors (Lipinski definition) is 1. The third kappa shape index (κ3) is 2.41. The van der Waals surface area contributed by atoms with E-state index in [1.807, 2.05) is 36.4 Å². The number of para-hydroxylation sites is 1. The van der Waals surface area contributed by atoms with Gasteiger partial charge in [-0.25, -0.2) is 0 Å². The first-order valence-electron chi connectivity index (χ1n) is 7.28. The fourth-order valence-corrected chi connectivity index (χ4v) is 2.62. The third-order valence-electron chi connectivity index (χ3n) is 3.64. The maximum atomic E-state index is 11.2. The van der Waals surface area contributed by atoms with Crippen LogP contribution in [0.15, 0.2) is 59.3 Å². The average Bonchev–Trinajstić information content (AvgIpc) is 3.21. The van der Waals surface area contributed by atoms with E-state index in [0.717, 1.165) is 10.9 Å². The van der Waals surface area contributed by atoms with Gasteiger partial charge in [0, 0.05) is 17.1 Å². The smallest absolute Gasteiger partial charge is 0.323 e. The second kappa shape index (κ2) is 5.62. The summed E-state index contributed by atoms with van der Waals surface area (Å²) in [6.07, 6.45) is 1.65. The number of aromatic nitrogens is 4. The first-order valence-corrected chi connectivity index (χ1v) is 7.28. The van der Waals surface area contributed by atoms with Gasteiger partial charge in [0.15, 0.2) is 0 Å². The van der Waals surface area contributed by atoms with Gasteiger partial charge in [0.25, 0.3) is 5.89 Å². The average molecular weight is 320 g/mol. The lowest BCUT2D eigenvalue weighted by molar-refractivity contribution is -0.137. The number of hydrogen-bond acceptors (Lipinski definition) is 5. The molecule has 1 N–H and O–H groups in total. The number of rotatable bonds is 4. The van der Waals surface area contributed by atoms with Crippen molar-refractivity contribution < 1.29 is 14.4 Å². The van der Waals surface area contributed by atoms with Gasteiger partial charge in [-0.3, -0.25) is 9.78 Å². The lowest BCUT2D eigenvalue weighted by Gasteiger charge is -2.04. The Kier molecular flexibility index (Phi) is 3.31. The molecule has 7 heteroatoms. The Morgan fingerprint density at radius 2 is 2.00 bits per heavy atom. The zero-order valence-corrected chi connectivity index (χ0v) is 12.5. The van der Waals surface area contributed by atoms with Crippen LogP contribution in [0.2, 0.25) is 0 Å². The van der Waals surface area contributed by atoms with Crippen molar-refractivity contribution in [3.63, 3.8) is 0 Å². The monoisotopic (exact) mass is 320 g/mol. The summed E-state index contributed by atoms with van der Waals surface area (Å²) in [4.78, 5) is 19.8. The number of carboxylic acid groups (broad SMARTS) is 1. The second-order valence-corrected chi connectivity index (χ2v) is 5.21. The third-order valence-corrected chi connectivity index (χ3v) is 3.64. The van der Waals surface area contributed by atoms with E-state index in [1.165, 1.54) is 0 Å². The van der Waals surface area contributed by atoms with E-state index in [2.05, 4.69) is 15.1 Å². The molecule has 0 atom stereocenters. The predicted molar refractivity (Wildman–Crippen MR) is 86.1 cm³/mol. The highest BCUT2D eigenvalue weighted by Gasteiger charge is 2.18. The Morgan fingerprint density at radius 1 is 1.17 bits per heavy atom. The molecular weight excluding hydrogens is 308 g/mol. The SMILES string of the molecule is O=C(O)Cn1c(-c2nc(-c3ccccn3)no2)cc2ccccc21. The Labute approximate surface area is 136 Å². The quantitative estimate of drug-likeness (QED) is 0.621. The molecule has 0 aliphatic rings. The lowest BCUT2D eigenvalue weighted by Crippen LogP contribution is -2.09. The zero-order chi connectivity index (χ0) is 16.5. The highest BCUT2D eigenvalue weighted by Crippen LogP contribution is 2.28. The minimum atomic E-state index is -0.943. The molecule has 4 aromatic rings. The van der Waals surface area contributed by atoms with Crippen LogP contribution in [0, 0.1) is 0 Å². The van der Waals surface area contributed by atoms with Gasteiger partial charge in [-0.15, -0.1) is 0 Å². The largest absolute Gasteiger partial charge is 0.480 e.